The molecule has 0 atom stereocenters. The highest BCUT2D eigenvalue weighted by atomic mass is 16.4. The number of pyridine rings is 1. The summed E-state index contributed by atoms with van der Waals surface area (Å²) in [6.45, 7) is 0.445. The maximum atomic E-state index is 10.5. The van der Waals surface area contributed by atoms with Gasteiger partial charge in [-0.3, -0.25) is 4.79 Å². The van der Waals surface area contributed by atoms with Crippen LogP contribution in [0.4, 0.5) is 0 Å². The summed E-state index contributed by atoms with van der Waals surface area (Å²) in [5.41, 5.74) is 1.64. The van der Waals surface area contributed by atoms with Gasteiger partial charge >= 0.3 is 5.97 Å². The quantitative estimate of drug-likeness (QED) is 0.700. The van der Waals surface area contributed by atoms with E-state index in [0.29, 0.717) is 12.3 Å². The number of fused-ring (bicyclic) bond motifs is 1. The van der Waals surface area contributed by atoms with Crippen LogP contribution < -0.4 is 4.57 Å². The van der Waals surface area contributed by atoms with Crippen LogP contribution in [-0.4, -0.2) is 30.7 Å². The molecule has 0 aliphatic rings. The van der Waals surface area contributed by atoms with Crippen molar-refractivity contribution in [2.24, 2.45) is 0 Å². The number of aliphatic carboxylic acids is 1. The van der Waals surface area contributed by atoms with Crippen molar-refractivity contribution >= 4 is 11.7 Å². The number of carboxylic acids is 1. The lowest BCUT2D eigenvalue weighted by atomic mass is 10.2. The minimum absolute atomic E-state index is 0.101. The van der Waals surface area contributed by atoms with Crippen LogP contribution in [0.25, 0.3) is 17.0 Å². The second kappa shape index (κ2) is 5.04. The van der Waals surface area contributed by atoms with E-state index in [9.17, 15) is 4.79 Å². The lowest BCUT2D eigenvalue weighted by Crippen LogP contribution is -2.33. The standard InChI is InChI=1S/C13H11N5O2/c19-12(20)3-7-17-5-1-10(2-6-17)11-9-15-18-8-4-14-13(18)16-11/h1-2,4-6,8-9H,3,7H2/p+1. The zero-order valence-electron chi connectivity index (χ0n) is 10.5. The maximum absolute atomic E-state index is 10.5. The minimum Gasteiger partial charge on any atom is -0.481 e. The van der Waals surface area contributed by atoms with Gasteiger partial charge in [0.25, 0.3) is 5.78 Å². The van der Waals surface area contributed by atoms with Crippen LogP contribution in [0.3, 0.4) is 0 Å². The number of carbonyl (C=O) groups is 1. The van der Waals surface area contributed by atoms with Gasteiger partial charge in [-0.25, -0.2) is 19.1 Å². The Morgan fingerprint density at radius 1 is 1.35 bits per heavy atom. The fourth-order valence-electron chi connectivity index (χ4n) is 1.85. The number of carboxylic acid groups (broad SMARTS) is 1. The van der Waals surface area contributed by atoms with Crippen molar-refractivity contribution in [1.29, 1.82) is 0 Å². The smallest absolute Gasteiger partial charge is 0.309 e. The van der Waals surface area contributed by atoms with Crippen molar-refractivity contribution in [1.82, 2.24) is 19.6 Å². The molecule has 0 saturated carbocycles. The van der Waals surface area contributed by atoms with E-state index >= 15 is 0 Å². The number of aryl methyl sites for hydroxylation is 1. The monoisotopic (exact) mass is 270 g/mol. The normalized spacial score (nSPS) is 10.8. The summed E-state index contributed by atoms with van der Waals surface area (Å²) in [6, 6.07) is 3.76. The Hall–Kier alpha value is -2.83. The molecule has 3 rings (SSSR count). The summed E-state index contributed by atoms with van der Waals surface area (Å²) in [5.74, 6) is -0.262. The summed E-state index contributed by atoms with van der Waals surface area (Å²) in [7, 11) is 0. The van der Waals surface area contributed by atoms with Crippen LogP contribution in [0, 0.1) is 0 Å². The van der Waals surface area contributed by atoms with Gasteiger partial charge in [-0.15, -0.1) is 0 Å². The predicted octanol–water partition coefficient (Wildman–Crippen LogP) is 0.553. The number of nitrogens with zero attached hydrogens (tertiary/aromatic N) is 5. The summed E-state index contributed by atoms with van der Waals surface area (Å²) in [4.78, 5) is 19.0. The van der Waals surface area contributed by atoms with Gasteiger partial charge in [0.05, 0.1) is 18.1 Å². The van der Waals surface area contributed by atoms with E-state index in [-0.39, 0.29) is 6.42 Å². The molecule has 20 heavy (non-hydrogen) atoms. The Morgan fingerprint density at radius 2 is 2.15 bits per heavy atom. The van der Waals surface area contributed by atoms with E-state index in [0.717, 1.165) is 11.3 Å². The first kappa shape index (κ1) is 12.2. The molecule has 0 unspecified atom stereocenters. The Balaban J connectivity index is 1.84. The first-order chi connectivity index (χ1) is 9.72. The summed E-state index contributed by atoms with van der Waals surface area (Å²) >= 11 is 0. The average molecular weight is 270 g/mol. The largest absolute Gasteiger partial charge is 0.481 e. The number of hydrogen-bond donors (Lipinski definition) is 1. The zero-order chi connectivity index (χ0) is 13.9. The van der Waals surface area contributed by atoms with Crippen molar-refractivity contribution in [3.63, 3.8) is 0 Å². The second-order valence-electron chi connectivity index (χ2n) is 4.28. The molecule has 0 bridgehead atoms. The van der Waals surface area contributed by atoms with E-state index in [1.54, 1.807) is 23.1 Å². The molecule has 0 aliphatic heterocycles. The predicted molar refractivity (Wildman–Crippen MR) is 68.7 cm³/mol. The van der Waals surface area contributed by atoms with E-state index < -0.39 is 5.97 Å². The van der Waals surface area contributed by atoms with Crippen LogP contribution in [-0.2, 0) is 11.3 Å². The Morgan fingerprint density at radius 3 is 2.90 bits per heavy atom. The third-order valence-electron chi connectivity index (χ3n) is 2.90. The Labute approximate surface area is 114 Å². The van der Waals surface area contributed by atoms with Gasteiger partial charge in [0.15, 0.2) is 18.9 Å². The molecule has 3 aromatic rings. The van der Waals surface area contributed by atoms with Crippen molar-refractivity contribution < 1.29 is 14.5 Å². The third kappa shape index (κ3) is 2.46. The van der Waals surface area contributed by atoms with Gasteiger partial charge in [-0.2, -0.15) is 5.10 Å². The molecule has 3 aromatic heterocycles. The van der Waals surface area contributed by atoms with Gasteiger partial charge in [0.2, 0.25) is 0 Å². The highest BCUT2D eigenvalue weighted by Gasteiger charge is 2.07. The van der Waals surface area contributed by atoms with Gasteiger partial charge in [-0.05, 0) is 0 Å². The lowest BCUT2D eigenvalue weighted by Gasteiger charge is -2.00. The molecule has 0 radical (unpaired) electrons. The molecule has 3 heterocycles. The Bertz CT molecular complexity index is 751. The number of aromatic nitrogens is 5. The van der Waals surface area contributed by atoms with Crippen LogP contribution in [0.2, 0.25) is 0 Å². The maximum Gasteiger partial charge on any atom is 0.309 e. The molecular formula is C13H12N5O2+. The van der Waals surface area contributed by atoms with Gasteiger partial charge < -0.3 is 5.11 Å². The molecule has 0 aromatic carbocycles. The lowest BCUT2D eigenvalue weighted by molar-refractivity contribution is -0.695. The second-order valence-corrected chi connectivity index (χ2v) is 4.28. The number of hydrogen-bond acceptors (Lipinski definition) is 4. The van der Waals surface area contributed by atoms with Crippen LogP contribution in [0.1, 0.15) is 6.42 Å². The molecule has 0 fully saturated rings. The third-order valence-corrected chi connectivity index (χ3v) is 2.90. The summed E-state index contributed by atoms with van der Waals surface area (Å²) in [6.07, 6.45) is 8.81. The average Bonchev–Trinajstić information content (AvgIpc) is 2.93. The topological polar surface area (TPSA) is 84.3 Å². The van der Waals surface area contributed by atoms with E-state index in [1.807, 2.05) is 29.1 Å². The van der Waals surface area contributed by atoms with Gasteiger partial charge in [-0.1, -0.05) is 0 Å². The summed E-state index contributed by atoms with van der Waals surface area (Å²) < 4.78 is 3.42. The molecule has 0 aliphatic carbocycles. The number of rotatable bonds is 4. The van der Waals surface area contributed by atoms with E-state index in [2.05, 4.69) is 15.1 Å². The molecular weight excluding hydrogens is 258 g/mol. The highest BCUT2D eigenvalue weighted by Crippen LogP contribution is 2.14. The molecule has 0 amide bonds. The fourth-order valence-corrected chi connectivity index (χ4v) is 1.85. The SMILES string of the molecule is O=C(O)CC[n+]1ccc(-c2cnn3ccnc3n2)cc1. The van der Waals surface area contributed by atoms with E-state index in [1.165, 1.54) is 0 Å². The molecule has 7 heteroatoms. The Kier molecular flexibility index (Phi) is 3.08. The van der Waals surface area contributed by atoms with Crippen LogP contribution >= 0.6 is 0 Å². The van der Waals surface area contributed by atoms with Crippen molar-refractivity contribution in [3.8, 4) is 11.3 Å². The molecule has 1 N–H and O–H groups in total. The highest BCUT2D eigenvalue weighted by molar-refractivity contribution is 5.66. The molecule has 100 valence electrons. The molecule has 0 saturated heterocycles. The van der Waals surface area contributed by atoms with Crippen molar-refractivity contribution in [2.75, 3.05) is 0 Å². The summed E-state index contributed by atoms with van der Waals surface area (Å²) in [5, 5.41) is 12.9. The van der Waals surface area contributed by atoms with Crippen molar-refractivity contribution in [2.45, 2.75) is 13.0 Å². The zero-order valence-corrected chi connectivity index (χ0v) is 10.5. The first-order valence-electron chi connectivity index (χ1n) is 6.10. The molecule has 7 nitrogen and oxygen atoms in total. The van der Waals surface area contributed by atoms with E-state index in [4.69, 9.17) is 5.11 Å². The fraction of sp³-hybridized carbons (Fsp3) is 0.154. The molecule has 0 spiro atoms. The minimum atomic E-state index is -0.808. The van der Waals surface area contributed by atoms with Gasteiger partial charge in [0.1, 0.15) is 6.42 Å². The van der Waals surface area contributed by atoms with Gasteiger partial charge in [0, 0.05) is 23.9 Å². The first-order valence-corrected chi connectivity index (χ1v) is 6.10. The van der Waals surface area contributed by atoms with Crippen LogP contribution in [0.5, 0.6) is 0 Å². The van der Waals surface area contributed by atoms with Crippen LogP contribution in [0.15, 0.2) is 43.1 Å². The van der Waals surface area contributed by atoms with Crippen molar-refractivity contribution in [3.05, 3.63) is 43.1 Å². The number of imidazole rings is 1.